The van der Waals surface area contributed by atoms with Gasteiger partial charge in [0, 0.05) is 16.5 Å². The van der Waals surface area contributed by atoms with Gasteiger partial charge in [0.05, 0.1) is 5.69 Å². The SMILES string of the molecule is Cc1ccc(-c2nc3scc(-c4ccc5c(c4)OCO5)n3c2C=O)cc1C. The molecule has 1 aliphatic heterocycles. The number of rotatable bonds is 3. The van der Waals surface area contributed by atoms with Gasteiger partial charge >= 0.3 is 0 Å². The Morgan fingerprint density at radius 3 is 2.67 bits per heavy atom. The molecule has 2 aromatic carbocycles. The molecule has 0 atom stereocenters. The maximum absolute atomic E-state index is 12.0. The number of hydrogen-bond acceptors (Lipinski definition) is 5. The van der Waals surface area contributed by atoms with E-state index in [9.17, 15) is 4.79 Å². The summed E-state index contributed by atoms with van der Waals surface area (Å²) in [5.74, 6) is 1.45. The van der Waals surface area contributed by atoms with Gasteiger partial charge in [0.25, 0.3) is 0 Å². The molecule has 3 heterocycles. The third kappa shape index (κ3) is 2.44. The van der Waals surface area contributed by atoms with Gasteiger partial charge in [0.1, 0.15) is 11.4 Å². The molecule has 0 spiro atoms. The molecule has 4 aromatic rings. The highest BCUT2D eigenvalue weighted by Gasteiger charge is 2.20. The Morgan fingerprint density at radius 2 is 1.85 bits per heavy atom. The molecule has 2 aromatic heterocycles. The maximum atomic E-state index is 12.0. The van der Waals surface area contributed by atoms with Crippen molar-refractivity contribution in [2.75, 3.05) is 6.79 Å². The van der Waals surface area contributed by atoms with Gasteiger partial charge in [-0.2, -0.15) is 0 Å². The molecule has 0 radical (unpaired) electrons. The van der Waals surface area contributed by atoms with E-state index in [-0.39, 0.29) is 6.79 Å². The van der Waals surface area contributed by atoms with Crippen LogP contribution in [0, 0.1) is 13.8 Å². The quantitative estimate of drug-likeness (QED) is 0.478. The van der Waals surface area contributed by atoms with E-state index in [1.807, 2.05) is 34.0 Å². The largest absolute Gasteiger partial charge is 0.454 e. The number of carbonyl (C=O) groups excluding carboxylic acids is 1. The minimum absolute atomic E-state index is 0.236. The Bertz CT molecular complexity index is 1210. The second-order valence-corrected chi connectivity index (χ2v) is 7.41. The molecule has 0 saturated heterocycles. The first-order valence-corrected chi connectivity index (χ1v) is 9.46. The summed E-state index contributed by atoms with van der Waals surface area (Å²) in [5, 5.41) is 2.01. The zero-order chi connectivity index (χ0) is 18.5. The summed E-state index contributed by atoms with van der Waals surface area (Å²) >= 11 is 1.52. The number of thiazole rings is 1. The van der Waals surface area contributed by atoms with E-state index < -0.39 is 0 Å². The normalized spacial score (nSPS) is 12.7. The molecule has 0 amide bonds. The zero-order valence-corrected chi connectivity index (χ0v) is 15.7. The fourth-order valence-corrected chi connectivity index (χ4v) is 4.25. The van der Waals surface area contributed by atoms with Gasteiger partial charge in [-0.15, -0.1) is 11.3 Å². The average Bonchev–Trinajstić information content (AvgIpc) is 3.37. The van der Waals surface area contributed by atoms with Crippen LogP contribution in [0.3, 0.4) is 0 Å². The topological polar surface area (TPSA) is 52.8 Å². The van der Waals surface area contributed by atoms with Crippen molar-refractivity contribution in [3.8, 4) is 34.0 Å². The highest BCUT2D eigenvalue weighted by Crippen LogP contribution is 2.38. The number of imidazole rings is 1. The molecule has 0 fully saturated rings. The lowest BCUT2D eigenvalue weighted by molar-refractivity contribution is 0.111. The molecule has 6 heteroatoms. The Kier molecular flexibility index (Phi) is 3.55. The van der Waals surface area contributed by atoms with Crippen LogP contribution in [0.15, 0.2) is 41.8 Å². The van der Waals surface area contributed by atoms with Crippen molar-refractivity contribution in [3.63, 3.8) is 0 Å². The van der Waals surface area contributed by atoms with E-state index in [0.29, 0.717) is 17.1 Å². The summed E-state index contributed by atoms with van der Waals surface area (Å²) in [4.78, 5) is 17.5. The van der Waals surface area contributed by atoms with Gasteiger partial charge in [-0.1, -0.05) is 12.1 Å². The van der Waals surface area contributed by atoms with E-state index in [0.717, 1.165) is 33.8 Å². The number of carbonyl (C=O) groups is 1. The monoisotopic (exact) mass is 376 g/mol. The summed E-state index contributed by atoms with van der Waals surface area (Å²) < 4.78 is 12.8. The lowest BCUT2D eigenvalue weighted by Crippen LogP contribution is -1.95. The van der Waals surface area contributed by atoms with Crippen molar-refractivity contribution in [3.05, 3.63) is 58.6 Å². The summed E-state index contributed by atoms with van der Waals surface area (Å²) in [7, 11) is 0. The highest BCUT2D eigenvalue weighted by molar-refractivity contribution is 7.15. The van der Waals surface area contributed by atoms with Gasteiger partial charge < -0.3 is 9.47 Å². The number of aryl methyl sites for hydroxylation is 2. The number of aldehydes is 1. The molecule has 5 rings (SSSR count). The molecular weight excluding hydrogens is 360 g/mol. The molecule has 0 aliphatic carbocycles. The van der Waals surface area contributed by atoms with Gasteiger partial charge in [0.15, 0.2) is 22.7 Å². The number of aromatic nitrogens is 2. The zero-order valence-electron chi connectivity index (χ0n) is 14.9. The van der Waals surface area contributed by atoms with Crippen molar-refractivity contribution >= 4 is 22.6 Å². The minimum atomic E-state index is 0.236. The molecule has 0 saturated carbocycles. The van der Waals surface area contributed by atoms with E-state index in [1.54, 1.807) is 0 Å². The van der Waals surface area contributed by atoms with Crippen LogP contribution in [0.2, 0.25) is 0 Å². The highest BCUT2D eigenvalue weighted by atomic mass is 32.1. The lowest BCUT2D eigenvalue weighted by atomic mass is 10.0. The van der Waals surface area contributed by atoms with Crippen LogP contribution >= 0.6 is 11.3 Å². The number of nitrogens with zero attached hydrogens (tertiary/aromatic N) is 2. The van der Waals surface area contributed by atoms with Gasteiger partial charge in [-0.05, 0) is 49.2 Å². The van der Waals surface area contributed by atoms with Crippen LogP contribution in [0.25, 0.3) is 27.5 Å². The van der Waals surface area contributed by atoms with E-state index in [4.69, 9.17) is 14.5 Å². The van der Waals surface area contributed by atoms with E-state index >= 15 is 0 Å². The first kappa shape index (κ1) is 16.1. The van der Waals surface area contributed by atoms with Crippen molar-refractivity contribution < 1.29 is 14.3 Å². The third-order valence-corrected chi connectivity index (χ3v) is 5.79. The fourth-order valence-electron chi connectivity index (χ4n) is 3.35. The average molecular weight is 376 g/mol. The standard InChI is InChI=1S/C21H16N2O3S/c1-12-3-4-15(7-13(12)2)20-16(9-24)23-17(10-27-21(23)22-20)14-5-6-18-19(8-14)26-11-25-18/h3-10H,11H2,1-2H3. The lowest BCUT2D eigenvalue weighted by Gasteiger charge is -2.05. The number of hydrogen-bond donors (Lipinski definition) is 0. The molecule has 0 bridgehead atoms. The molecular formula is C21H16N2O3S. The number of fused-ring (bicyclic) bond motifs is 2. The Hall–Kier alpha value is -3.12. The smallest absolute Gasteiger partial charge is 0.231 e. The molecule has 0 unspecified atom stereocenters. The van der Waals surface area contributed by atoms with Gasteiger partial charge in [-0.25, -0.2) is 4.98 Å². The van der Waals surface area contributed by atoms with Crippen LogP contribution in [0.5, 0.6) is 11.5 Å². The summed E-state index contributed by atoms with van der Waals surface area (Å²) in [6.07, 6.45) is 0.883. The fraction of sp³-hybridized carbons (Fsp3) is 0.143. The second-order valence-electron chi connectivity index (χ2n) is 6.57. The Morgan fingerprint density at radius 1 is 1.04 bits per heavy atom. The number of ether oxygens (including phenoxy) is 2. The van der Waals surface area contributed by atoms with Gasteiger partial charge in [-0.3, -0.25) is 9.20 Å². The summed E-state index contributed by atoms with van der Waals surface area (Å²) in [5.41, 5.74) is 6.48. The second kappa shape index (κ2) is 5.96. The maximum Gasteiger partial charge on any atom is 0.231 e. The summed E-state index contributed by atoms with van der Waals surface area (Å²) in [6.45, 7) is 4.37. The molecule has 5 nitrogen and oxygen atoms in total. The van der Waals surface area contributed by atoms with E-state index in [1.165, 1.54) is 22.5 Å². The number of benzene rings is 2. The third-order valence-electron chi connectivity index (χ3n) is 4.96. The van der Waals surface area contributed by atoms with Gasteiger partial charge in [0.2, 0.25) is 6.79 Å². The molecule has 0 N–H and O–H groups in total. The van der Waals surface area contributed by atoms with Crippen molar-refractivity contribution in [2.24, 2.45) is 0 Å². The van der Waals surface area contributed by atoms with Crippen LogP contribution < -0.4 is 9.47 Å². The molecule has 27 heavy (non-hydrogen) atoms. The Balaban J connectivity index is 1.71. The predicted molar refractivity (Wildman–Crippen MR) is 105 cm³/mol. The van der Waals surface area contributed by atoms with Crippen LogP contribution in [0.1, 0.15) is 21.6 Å². The minimum Gasteiger partial charge on any atom is -0.454 e. The van der Waals surface area contributed by atoms with Crippen molar-refractivity contribution in [1.29, 1.82) is 0 Å². The van der Waals surface area contributed by atoms with Crippen LogP contribution in [-0.2, 0) is 0 Å². The predicted octanol–water partition coefficient (Wildman–Crippen LogP) is 4.89. The van der Waals surface area contributed by atoms with Crippen LogP contribution in [-0.4, -0.2) is 22.5 Å². The molecule has 1 aliphatic rings. The first-order valence-electron chi connectivity index (χ1n) is 8.58. The van der Waals surface area contributed by atoms with Crippen molar-refractivity contribution in [1.82, 2.24) is 9.38 Å². The van der Waals surface area contributed by atoms with E-state index in [2.05, 4.69) is 26.0 Å². The van der Waals surface area contributed by atoms with Crippen LogP contribution in [0.4, 0.5) is 0 Å². The summed E-state index contributed by atoms with van der Waals surface area (Å²) in [6, 6.07) is 12.0. The molecule has 134 valence electrons. The van der Waals surface area contributed by atoms with Crippen molar-refractivity contribution in [2.45, 2.75) is 13.8 Å². The Labute approximate surface area is 159 Å². The first-order chi connectivity index (χ1) is 13.2.